The molecule has 1 atom stereocenters. The van der Waals surface area contributed by atoms with E-state index >= 15 is 0 Å². The fraction of sp³-hybridized carbons (Fsp3) is 0.455. The third-order valence-corrected chi connectivity index (χ3v) is 3.54. The van der Waals surface area contributed by atoms with Crippen LogP contribution in [0.15, 0.2) is 29.2 Å². The van der Waals surface area contributed by atoms with Gasteiger partial charge >= 0.3 is 0 Å². The normalized spacial score (nSPS) is 13.7. The van der Waals surface area contributed by atoms with Gasteiger partial charge in [-0.3, -0.25) is 0 Å². The smallest absolute Gasteiger partial charge is 0.175 e. The molecule has 1 rings (SSSR count). The molecule has 1 aromatic rings. The van der Waals surface area contributed by atoms with Crippen LogP contribution in [0.1, 0.15) is 24.4 Å². The Morgan fingerprint density at radius 1 is 1.31 bits per heavy atom. The lowest BCUT2D eigenvalue weighted by molar-refractivity contribution is 0.280. The molecule has 0 saturated heterocycles. The molecule has 0 aliphatic carbocycles. The molecular weight excluding hydrogens is 226 g/mol. The highest BCUT2D eigenvalue weighted by Gasteiger charge is 2.09. The SMILES string of the molecule is CS(=O)(=O)c1ccc(C(N)CCCO)cc1. The molecule has 0 fully saturated rings. The Morgan fingerprint density at radius 2 is 1.88 bits per heavy atom. The lowest BCUT2D eigenvalue weighted by Crippen LogP contribution is -2.11. The van der Waals surface area contributed by atoms with Crippen molar-refractivity contribution in [3.8, 4) is 0 Å². The van der Waals surface area contributed by atoms with Gasteiger partial charge in [0.1, 0.15) is 0 Å². The van der Waals surface area contributed by atoms with Gasteiger partial charge in [0.15, 0.2) is 9.84 Å². The topological polar surface area (TPSA) is 80.4 Å². The van der Waals surface area contributed by atoms with E-state index < -0.39 is 9.84 Å². The second kappa shape index (κ2) is 5.43. The van der Waals surface area contributed by atoms with E-state index in [1.165, 1.54) is 6.26 Å². The highest BCUT2D eigenvalue weighted by molar-refractivity contribution is 7.90. The monoisotopic (exact) mass is 243 g/mol. The van der Waals surface area contributed by atoms with Crippen molar-refractivity contribution in [2.75, 3.05) is 12.9 Å². The van der Waals surface area contributed by atoms with E-state index in [-0.39, 0.29) is 12.6 Å². The average molecular weight is 243 g/mol. The zero-order valence-electron chi connectivity index (χ0n) is 9.26. The van der Waals surface area contributed by atoms with Gasteiger partial charge in [-0.1, -0.05) is 12.1 Å². The van der Waals surface area contributed by atoms with Crippen LogP contribution >= 0.6 is 0 Å². The molecule has 1 unspecified atom stereocenters. The van der Waals surface area contributed by atoms with Crippen LogP contribution < -0.4 is 5.73 Å². The summed E-state index contributed by atoms with van der Waals surface area (Å²) in [7, 11) is -3.14. The number of aliphatic hydroxyl groups is 1. The molecule has 0 saturated carbocycles. The van der Waals surface area contributed by atoms with E-state index in [1.54, 1.807) is 24.3 Å². The number of sulfone groups is 1. The zero-order chi connectivity index (χ0) is 12.2. The van der Waals surface area contributed by atoms with Crippen molar-refractivity contribution in [2.45, 2.75) is 23.8 Å². The Balaban J connectivity index is 2.79. The molecule has 90 valence electrons. The van der Waals surface area contributed by atoms with Crippen molar-refractivity contribution >= 4 is 9.84 Å². The molecular formula is C11H17NO3S. The molecule has 4 nitrogen and oxygen atoms in total. The molecule has 0 heterocycles. The van der Waals surface area contributed by atoms with Crippen LogP contribution in [0.4, 0.5) is 0 Å². The summed E-state index contributed by atoms with van der Waals surface area (Å²) >= 11 is 0. The average Bonchev–Trinajstić information content (AvgIpc) is 2.25. The summed E-state index contributed by atoms with van der Waals surface area (Å²) in [5.74, 6) is 0. The van der Waals surface area contributed by atoms with Crippen molar-refractivity contribution < 1.29 is 13.5 Å². The first-order valence-electron chi connectivity index (χ1n) is 5.11. The highest BCUT2D eigenvalue weighted by atomic mass is 32.2. The molecule has 0 spiro atoms. The maximum atomic E-state index is 11.2. The van der Waals surface area contributed by atoms with Crippen LogP contribution in [0, 0.1) is 0 Å². The number of hydrogen-bond acceptors (Lipinski definition) is 4. The third-order valence-electron chi connectivity index (χ3n) is 2.41. The first kappa shape index (κ1) is 13.2. The summed E-state index contributed by atoms with van der Waals surface area (Å²) in [6, 6.07) is 6.41. The minimum Gasteiger partial charge on any atom is -0.396 e. The van der Waals surface area contributed by atoms with E-state index in [4.69, 9.17) is 10.8 Å². The largest absolute Gasteiger partial charge is 0.396 e. The third kappa shape index (κ3) is 3.59. The standard InChI is InChI=1S/C11H17NO3S/c1-16(14,15)10-6-4-9(5-7-10)11(12)3-2-8-13/h4-7,11,13H,2-3,8,12H2,1H3. The van der Waals surface area contributed by atoms with Crippen molar-refractivity contribution in [3.63, 3.8) is 0 Å². The van der Waals surface area contributed by atoms with Crippen molar-refractivity contribution in [1.82, 2.24) is 0 Å². The van der Waals surface area contributed by atoms with Crippen LogP contribution in [0.25, 0.3) is 0 Å². The van der Waals surface area contributed by atoms with Crippen molar-refractivity contribution in [1.29, 1.82) is 0 Å². The maximum absolute atomic E-state index is 11.2. The molecule has 0 amide bonds. The maximum Gasteiger partial charge on any atom is 0.175 e. The molecule has 0 aliphatic rings. The first-order chi connectivity index (χ1) is 7.45. The van der Waals surface area contributed by atoms with E-state index in [2.05, 4.69) is 0 Å². The summed E-state index contributed by atoms with van der Waals surface area (Å²) in [4.78, 5) is 0.297. The molecule has 3 N–H and O–H groups in total. The van der Waals surface area contributed by atoms with Gasteiger partial charge in [0.05, 0.1) is 4.90 Å². The zero-order valence-corrected chi connectivity index (χ0v) is 10.1. The first-order valence-corrected chi connectivity index (χ1v) is 7.00. The Bertz CT molecular complexity index is 425. The minimum absolute atomic E-state index is 0.120. The molecule has 0 bridgehead atoms. The van der Waals surface area contributed by atoms with Crippen LogP contribution in [0.2, 0.25) is 0 Å². The number of aliphatic hydroxyl groups excluding tert-OH is 1. The molecule has 5 heteroatoms. The molecule has 0 aromatic heterocycles. The van der Waals surface area contributed by atoms with Crippen molar-refractivity contribution in [2.24, 2.45) is 5.73 Å². The van der Waals surface area contributed by atoms with Gasteiger partial charge < -0.3 is 10.8 Å². The Morgan fingerprint density at radius 3 is 2.31 bits per heavy atom. The van der Waals surface area contributed by atoms with Crippen LogP contribution in [-0.4, -0.2) is 26.4 Å². The second-order valence-corrected chi connectivity index (χ2v) is 5.83. The number of benzene rings is 1. The number of nitrogens with two attached hydrogens (primary N) is 1. The predicted molar refractivity (Wildman–Crippen MR) is 62.8 cm³/mol. The van der Waals surface area contributed by atoms with Crippen LogP contribution in [0.3, 0.4) is 0 Å². The van der Waals surface area contributed by atoms with E-state index in [0.29, 0.717) is 17.7 Å². The van der Waals surface area contributed by atoms with Gasteiger partial charge in [0, 0.05) is 18.9 Å². The number of hydrogen-bond donors (Lipinski definition) is 2. The predicted octanol–water partition coefficient (Wildman–Crippen LogP) is 0.862. The molecule has 16 heavy (non-hydrogen) atoms. The second-order valence-electron chi connectivity index (χ2n) is 3.81. The van der Waals surface area contributed by atoms with Crippen molar-refractivity contribution in [3.05, 3.63) is 29.8 Å². The fourth-order valence-electron chi connectivity index (χ4n) is 1.44. The summed E-state index contributed by atoms with van der Waals surface area (Å²) in [6.07, 6.45) is 2.51. The van der Waals surface area contributed by atoms with Gasteiger partial charge in [-0.15, -0.1) is 0 Å². The van der Waals surface area contributed by atoms with Gasteiger partial charge in [-0.2, -0.15) is 0 Å². The summed E-state index contributed by atoms with van der Waals surface area (Å²) in [5, 5.41) is 8.68. The van der Waals surface area contributed by atoms with Gasteiger partial charge in [0.2, 0.25) is 0 Å². The molecule has 0 radical (unpaired) electrons. The quantitative estimate of drug-likeness (QED) is 0.804. The minimum atomic E-state index is -3.14. The summed E-state index contributed by atoms with van der Waals surface area (Å²) in [6.45, 7) is 0.120. The lowest BCUT2D eigenvalue weighted by Gasteiger charge is -2.11. The Kier molecular flexibility index (Phi) is 4.46. The van der Waals surface area contributed by atoms with Gasteiger partial charge in [0.25, 0.3) is 0 Å². The van der Waals surface area contributed by atoms with Crippen LogP contribution in [-0.2, 0) is 9.84 Å². The number of rotatable bonds is 5. The van der Waals surface area contributed by atoms with Gasteiger partial charge in [-0.25, -0.2) is 8.42 Å². The molecule has 1 aromatic carbocycles. The van der Waals surface area contributed by atoms with E-state index in [1.807, 2.05) is 0 Å². The lowest BCUT2D eigenvalue weighted by atomic mass is 10.0. The van der Waals surface area contributed by atoms with Gasteiger partial charge in [-0.05, 0) is 30.5 Å². The Labute approximate surface area is 96.0 Å². The summed E-state index contributed by atoms with van der Waals surface area (Å²) < 4.78 is 22.4. The van der Waals surface area contributed by atoms with E-state index in [9.17, 15) is 8.42 Å². The fourth-order valence-corrected chi connectivity index (χ4v) is 2.07. The molecule has 0 aliphatic heterocycles. The Hall–Kier alpha value is -0.910. The van der Waals surface area contributed by atoms with Crippen LogP contribution in [0.5, 0.6) is 0 Å². The van der Waals surface area contributed by atoms with E-state index in [0.717, 1.165) is 5.56 Å². The highest BCUT2D eigenvalue weighted by Crippen LogP contribution is 2.18. The summed E-state index contributed by atoms with van der Waals surface area (Å²) in [5.41, 5.74) is 6.77.